The average molecular weight is 237 g/mol. The third kappa shape index (κ3) is 2.92. The number of nitrogens with two attached hydrogens (primary N) is 1. The maximum atomic E-state index is 11.6. The van der Waals surface area contributed by atoms with E-state index in [0.717, 1.165) is 13.8 Å². The van der Waals surface area contributed by atoms with Crippen LogP contribution in [0.25, 0.3) is 0 Å². The minimum atomic E-state index is -3.90. The molecule has 0 aromatic carbocycles. The number of amides is 1. The fourth-order valence-electron chi connectivity index (χ4n) is 0.753. The quantitative estimate of drug-likeness (QED) is 0.661. The molecule has 1 amide bonds. The van der Waals surface area contributed by atoms with E-state index in [2.05, 4.69) is 0 Å². The van der Waals surface area contributed by atoms with Crippen LogP contribution in [0.4, 0.5) is 0 Å². The number of hydrogen-bond acceptors (Lipinski definition) is 4. The Balaban J connectivity index is 5.02. The molecule has 0 aliphatic carbocycles. The first kappa shape index (κ1) is 13.9. The molecule has 0 radical (unpaired) electrons. The zero-order valence-electron chi connectivity index (χ0n) is 8.85. The monoisotopic (exact) mass is 237 g/mol. The summed E-state index contributed by atoms with van der Waals surface area (Å²) >= 11 is 0. The molecule has 0 aliphatic heterocycles. The lowest BCUT2D eigenvalue weighted by molar-refractivity contribution is -0.139. The van der Waals surface area contributed by atoms with Crippen LogP contribution in [0.1, 0.15) is 20.8 Å². The van der Waals surface area contributed by atoms with Crippen molar-refractivity contribution in [3.8, 4) is 0 Å². The fraction of sp³-hybridized carbons (Fsp3) is 0.750. The highest BCUT2D eigenvalue weighted by molar-refractivity contribution is 7.93. The molecule has 6 nitrogen and oxygen atoms in total. The third-order valence-corrected chi connectivity index (χ3v) is 4.92. The van der Waals surface area contributed by atoms with Gasteiger partial charge in [0, 0.05) is 5.92 Å². The van der Waals surface area contributed by atoms with Crippen LogP contribution in [0.2, 0.25) is 0 Å². The Morgan fingerprint density at radius 1 is 1.40 bits per heavy atom. The van der Waals surface area contributed by atoms with E-state index in [1.165, 1.54) is 6.92 Å². The number of carbonyl (C=O) groups is 2. The molecular formula is C8H15NO5S. The van der Waals surface area contributed by atoms with Gasteiger partial charge in [-0.2, -0.15) is 0 Å². The molecule has 0 aromatic heterocycles. The van der Waals surface area contributed by atoms with Gasteiger partial charge in [0.05, 0.1) is 5.75 Å². The predicted molar refractivity (Wildman–Crippen MR) is 53.9 cm³/mol. The van der Waals surface area contributed by atoms with Crippen LogP contribution in [0.15, 0.2) is 0 Å². The number of rotatable bonds is 5. The second-order valence-corrected chi connectivity index (χ2v) is 6.48. The molecule has 7 heteroatoms. The fourth-order valence-corrected chi connectivity index (χ4v) is 2.26. The normalized spacial score (nSPS) is 14.6. The summed E-state index contributed by atoms with van der Waals surface area (Å²) in [6.45, 7) is 3.51. The molecule has 0 spiro atoms. The lowest BCUT2D eigenvalue weighted by Crippen LogP contribution is -2.44. The standard InChI is InChI=1S/C8H15NO5S/c1-5(6(9)10)4-15(13,14)8(2,3)7(11)12/h5H,4H2,1-3H3,(H2,9,10)(H,11,12). The van der Waals surface area contributed by atoms with Crippen molar-refractivity contribution in [2.75, 3.05) is 5.75 Å². The Hall–Kier alpha value is -1.11. The van der Waals surface area contributed by atoms with Crippen LogP contribution in [0.3, 0.4) is 0 Å². The van der Waals surface area contributed by atoms with Gasteiger partial charge in [0.25, 0.3) is 0 Å². The Morgan fingerprint density at radius 2 is 1.80 bits per heavy atom. The topological polar surface area (TPSA) is 115 Å². The molecule has 3 N–H and O–H groups in total. The van der Waals surface area contributed by atoms with Gasteiger partial charge in [-0.05, 0) is 13.8 Å². The summed E-state index contributed by atoms with van der Waals surface area (Å²) in [5, 5.41) is 8.73. The highest BCUT2D eigenvalue weighted by Gasteiger charge is 2.42. The Kier molecular flexibility index (Phi) is 3.87. The highest BCUT2D eigenvalue weighted by Crippen LogP contribution is 2.19. The molecular weight excluding hydrogens is 222 g/mol. The zero-order valence-corrected chi connectivity index (χ0v) is 9.67. The predicted octanol–water partition coefficient (Wildman–Crippen LogP) is -0.614. The maximum Gasteiger partial charge on any atom is 0.324 e. The average Bonchev–Trinajstić information content (AvgIpc) is 2.02. The van der Waals surface area contributed by atoms with Crippen LogP contribution >= 0.6 is 0 Å². The first-order chi connectivity index (χ1) is 6.52. The summed E-state index contributed by atoms with van der Waals surface area (Å²) in [7, 11) is -3.90. The van der Waals surface area contributed by atoms with Gasteiger partial charge in [-0.3, -0.25) is 9.59 Å². The summed E-state index contributed by atoms with van der Waals surface area (Å²) in [4.78, 5) is 21.4. The zero-order chi connectivity index (χ0) is 12.4. The largest absolute Gasteiger partial charge is 0.480 e. The first-order valence-electron chi connectivity index (χ1n) is 4.27. The highest BCUT2D eigenvalue weighted by atomic mass is 32.2. The number of hydrogen-bond donors (Lipinski definition) is 2. The molecule has 1 unspecified atom stereocenters. The van der Waals surface area contributed by atoms with E-state index in [4.69, 9.17) is 10.8 Å². The van der Waals surface area contributed by atoms with Crippen molar-refractivity contribution in [3.05, 3.63) is 0 Å². The van der Waals surface area contributed by atoms with Crippen LogP contribution in [-0.4, -0.2) is 35.9 Å². The number of sulfone groups is 1. The van der Waals surface area contributed by atoms with Gasteiger partial charge in [0.15, 0.2) is 14.6 Å². The number of carboxylic acid groups (broad SMARTS) is 1. The SMILES string of the molecule is CC(CS(=O)(=O)C(C)(C)C(=O)O)C(N)=O. The smallest absolute Gasteiger partial charge is 0.324 e. The van der Waals surface area contributed by atoms with Crippen LogP contribution in [0.5, 0.6) is 0 Å². The van der Waals surface area contributed by atoms with Gasteiger partial charge in [-0.25, -0.2) is 8.42 Å². The van der Waals surface area contributed by atoms with Gasteiger partial charge in [0.1, 0.15) is 0 Å². The van der Waals surface area contributed by atoms with Crippen molar-refractivity contribution < 1.29 is 23.1 Å². The molecule has 0 aromatic rings. The minimum Gasteiger partial charge on any atom is -0.480 e. The maximum absolute atomic E-state index is 11.6. The first-order valence-corrected chi connectivity index (χ1v) is 5.92. The second-order valence-electron chi connectivity index (χ2n) is 3.90. The molecule has 88 valence electrons. The van der Waals surface area contributed by atoms with Crippen molar-refractivity contribution in [2.24, 2.45) is 11.7 Å². The van der Waals surface area contributed by atoms with Crippen LogP contribution in [-0.2, 0) is 19.4 Å². The molecule has 0 saturated carbocycles. The van der Waals surface area contributed by atoms with Crippen LogP contribution < -0.4 is 5.73 Å². The minimum absolute atomic E-state index is 0.554. The van der Waals surface area contributed by atoms with Crippen molar-refractivity contribution in [3.63, 3.8) is 0 Å². The molecule has 0 saturated heterocycles. The van der Waals surface area contributed by atoms with Gasteiger partial charge in [-0.1, -0.05) is 6.92 Å². The number of carboxylic acids is 1. The summed E-state index contributed by atoms with van der Waals surface area (Å²) in [6, 6.07) is 0. The second kappa shape index (κ2) is 4.18. The van der Waals surface area contributed by atoms with Gasteiger partial charge >= 0.3 is 5.97 Å². The lowest BCUT2D eigenvalue weighted by Gasteiger charge is -2.21. The molecule has 0 rings (SSSR count). The van der Waals surface area contributed by atoms with E-state index in [9.17, 15) is 18.0 Å². The van der Waals surface area contributed by atoms with Crippen molar-refractivity contribution in [1.29, 1.82) is 0 Å². The summed E-state index contributed by atoms with van der Waals surface area (Å²) < 4.78 is 21.3. The van der Waals surface area contributed by atoms with E-state index >= 15 is 0 Å². The summed E-state index contributed by atoms with van der Waals surface area (Å²) in [5.74, 6) is -3.66. The molecule has 15 heavy (non-hydrogen) atoms. The van der Waals surface area contributed by atoms with Crippen molar-refractivity contribution >= 4 is 21.7 Å². The number of primary amides is 1. The van der Waals surface area contributed by atoms with Gasteiger partial charge in [0.2, 0.25) is 5.91 Å². The number of aliphatic carboxylic acids is 1. The summed E-state index contributed by atoms with van der Waals surface area (Å²) in [5.41, 5.74) is 4.91. The molecule has 0 fully saturated rings. The van der Waals surface area contributed by atoms with Crippen molar-refractivity contribution in [2.45, 2.75) is 25.5 Å². The Morgan fingerprint density at radius 3 is 2.07 bits per heavy atom. The van der Waals surface area contributed by atoms with E-state index < -0.39 is 38.1 Å². The van der Waals surface area contributed by atoms with Crippen LogP contribution in [0, 0.1) is 5.92 Å². The third-order valence-electron chi connectivity index (χ3n) is 2.25. The molecule has 1 atom stereocenters. The van der Waals surface area contributed by atoms with E-state index in [-0.39, 0.29) is 0 Å². The van der Waals surface area contributed by atoms with E-state index in [0.29, 0.717) is 0 Å². The number of carbonyl (C=O) groups excluding carboxylic acids is 1. The van der Waals surface area contributed by atoms with E-state index in [1.54, 1.807) is 0 Å². The van der Waals surface area contributed by atoms with Gasteiger partial charge < -0.3 is 10.8 Å². The molecule has 0 heterocycles. The Bertz CT molecular complexity index is 370. The molecule has 0 bridgehead atoms. The molecule has 0 aliphatic rings. The summed E-state index contributed by atoms with van der Waals surface area (Å²) in [6.07, 6.45) is 0. The lowest BCUT2D eigenvalue weighted by atomic mass is 10.2. The Labute approximate surface area is 88.4 Å². The van der Waals surface area contributed by atoms with Crippen molar-refractivity contribution in [1.82, 2.24) is 0 Å². The van der Waals surface area contributed by atoms with Gasteiger partial charge in [-0.15, -0.1) is 0 Å². The van der Waals surface area contributed by atoms with E-state index in [1.807, 2.05) is 0 Å².